The van der Waals surface area contributed by atoms with Gasteiger partial charge in [0.15, 0.2) is 0 Å². The molecule has 34 heavy (non-hydrogen) atoms. The van der Waals surface area contributed by atoms with Crippen molar-refractivity contribution in [1.29, 1.82) is 0 Å². The Morgan fingerprint density at radius 1 is 1.00 bits per heavy atom. The van der Waals surface area contributed by atoms with Crippen molar-refractivity contribution in [2.45, 2.75) is 30.2 Å². The molecule has 7 nitrogen and oxygen atoms in total. The van der Waals surface area contributed by atoms with E-state index in [0.29, 0.717) is 23.6 Å². The summed E-state index contributed by atoms with van der Waals surface area (Å²) >= 11 is 0. The van der Waals surface area contributed by atoms with Gasteiger partial charge in [0.25, 0.3) is 0 Å². The fourth-order valence-electron chi connectivity index (χ4n) is 3.69. The van der Waals surface area contributed by atoms with E-state index in [2.05, 4.69) is 5.32 Å². The van der Waals surface area contributed by atoms with Crippen LogP contribution in [0.15, 0.2) is 93.6 Å². The quantitative estimate of drug-likeness (QED) is 0.432. The molecule has 1 N–H and O–H groups in total. The lowest BCUT2D eigenvalue weighted by atomic mass is 10.1. The van der Waals surface area contributed by atoms with Crippen molar-refractivity contribution in [3.63, 3.8) is 0 Å². The van der Waals surface area contributed by atoms with E-state index in [4.69, 9.17) is 4.74 Å². The van der Waals surface area contributed by atoms with Crippen LogP contribution in [0.4, 0.5) is 5.69 Å². The van der Waals surface area contributed by atoms with Crippen LogP contribution in [-0.2, 0) is 21.2 Å². The van der Waals surface area contributed by atoms with Crippen LogP contribution in [0.25, 0.3) is 10.9 Å². The predicted octanol–water partition coefficient (Wildman–Crippen LogP) is 4.18. The molecule has 0 bridgehead atoms. The topological polar surface area (TPSA) is 94.5 Å². The summed E-state index contributed by atoms with van der Waals surface area (Å²) in [4.78, 5) is 25.7. The molecule has 1 heterocycles. The first kappa shape index (κ1) is 23.3. The molecule has 0 aliphatic rings. The molecule has 8 heteroatoms. The van der Waals surface area contributed by atoms with Gasteiger partial charge in [0.1, 0.15) is 17.2 Å². The van der Waals surface area contributed by atoms with Crippen LogP contribution in [0.3, 0.4) is 0 Å². The average Bonchev–Trinajstić information content (AvgIpc) is 2.83. The second-order valence-corrected chi connectivity index (χ2v) is 9.71. The van der Waals surface area contributed by atoms with Gasteiger partial charge in [-0.2, -0.15) is 0 Å². The first-order chi connectivity index (χ1) is 16.3. The van der Waals surface area contributed by atoms with Gasteiger partial charge in [0, 0.05) is 17.3 Å². The van der Waals surface area contributed by atoms with E-state index < -0.39 is 15.3 Å². The van der Waals surface area contributed by atoms with Gasteiger partial charge >= 0.3 is 0 Å². The van der Waals surface area contributed by atoms with Crippen molar-refractivity contribution in [1.82, 2.24) is 4.57 Å². The molecule has 3 aromatic carbocycles. The largest absolute Gasteiger partial charge is 0.494 e. The number of nitrogens with one attached hydrogen (secondary N) is 1. The van der Waals surface area contributed by atoms with Crippen LogP contribution in [0.5, 0.6) is 5.75 Å². The normalized spacial score (nSPS) is 11.4. The summed E-state index contributed by atoms with van der Waals surface area (Å²) in [6.07, 6.45) is 1.25. The molecule has 4 rings (SSSR count). The fraction of sp³-hybridized carbons (Fsp3) is 0.154. The molecule has 0 aliphatic heterocycles. The maximum Gasteiger partial charge on any atom is 0.244 e. The maximum absolute atomic E-state index is 13.3. The number of amides is 1. The van der Waals surface area contributed by atoms with Crippen LogP contribution >= 0.6 is 0 Å². The number of aromatic nitrogens is 1. The number of benzene rings is 3. The number of anilines is 1. The van der Waals surface area contributed by atoms with Gasteiger partial charge < -0.3 is 14.6 Å². The average molecular weight is 477 g/mol. The zero-order valence-electron chi connectivity index (χ0n) is 18.8. The third-order valence-corrected chi connectivity index (χ3v) is 7.07. The highest BCUT2D eigenvalue weighted by Gasteiger charge is 2.24. The molecule has 0 radical (unpaired) electrons. The van der Waals surface area contributed by atoms with Crippen molar-refractivity contribution < 1.29 is 17.9 Å². The van der Waals surface area contributed by atoms with E-state index in [-0.39, 0.29) is 27.6 Å². The zero-order chi connectivity index (χ0) is 24.3. The smallest absolute Gasteiger partial charge is 0.244 e. The lowest BCUT2D eigenvalue weighted by Gasteiger charge is -2.15. The van der Waals surface area contributed by atoms with E-state index in [1.807, 2.05) is 19.9 Å². The number of carbonyl (C=O) groups excluding carboxylic acids is 1. The van der Waals surface area contributed by atoms with Gasteiger partial charge in [0.05, 0.1) is 17.0 Å². The number of hydrogen-bond donors (Lipinski definition) is 1. The molecule has 174 valence electrons. The van der Waals surface area contributed by atoms with Crippen molar-refractivity contribution in [2.24, 2.45) is 0 Å². The number of pyridine rings is 1. The van der Waals surface area contributed by atoms with Crippen molar-refractivity contribution >= 4 is 32.3 Å². The van der Waals surface area contributed by atoms with Crippen LogP contribution in [0.1, 0.15) is 12.5 Å². The molecule has 0 unspecified atom stereocenters. The molecule has 4 aromatic rings. The summed E-state index contributed by atoms with van der Waals surface area (Å²) in [5.41, 5.74) is 1.27. The van der Waals surface area contributed by atoms with E-state index in [1.165, 1.54) is 22.9 Å². The minimum Gasteiger partial charge on any atom is -0.494 e. The molecule has 0 fully saturated rings. The monoisotopic (exact) mass is 476 g/mol. The third-order valence-electron chi connectivity index (χ3n) is 5.31. The third kappa shape index (κ3) is 4.72. The molecule has 0 aliphatic carbocycles. The maximum atomic E-state index is 13.3. The minimum atomic E-state index is -4.08. The van der Waals surface area contributed by atoms with Gasteiger partial charge in [-0.15, -0.1) is 0 Å². The Hall–Kier alpha value is -3.91. The summed E-state index contributed by atoms with van der Waals surface area (Å²) in [6, 6.07) is 19.9. The SMILES string of the molecule is CCOc1ccc(NC(=O)Cn2cc(S(=O)(=O)c3ccccc3)c(=O)c3cc(C)ccc32)cc1. The Labute approximate surface area is 197 Å². The second kappa shape index (κ2) is 9.52. The Morgan fingerprint density at radius 2 is 1.71 bits per heavy atom. The van der Waals surface area contributed by atoms with Gasteiger partial charge in [-0.25, -0.2) is 8.42 Å². The van der Waals surface area contributed by atoms with Gasteiger partial charge in [-0.05, 0) is 62.4 Å². The summed E-state index contributed by atoms with van der Waals surface area (Å²) < 4.78 is 33.4. The Kier molecular flexibility index (Phi) is 6.51. The van der Waals surface area contributed by atoms with E-state index in [0.717, 1.165) is 5.56 Å². The van der Waals surface area contributed by atoms with Gasteiger partial charge in [0.2, 0.25) is 21.2 Å². The molecule has 1 aromatic heterocycles. The molecular formula is C26H24N2O5S. The first-order valence-corrected chi connectivity index (χ1v) is 12.2. The van der Waals surface area contributed by atoms with Gasteiger partial charge in [-0.1, -0.05) is 29.8 Å². The number of rotatable bonds is 7. The lowest BCUT2D eigenvalue weighted by molar-refractivity contribution is -0.116. The highest BCUT2D eigenvalue weighted by molar-refractivity contribution is 7.91. The fourth-order valence-corrected chi connectivity index (χ4v) is 5.08. The van der Waals surface area contributed by atoms with Crippen LogP contribution in [-0.4, -0.2) is 25.5 Å². The number of fused-ring (bicyclic) bond motifs is 1. The van der Waals surface area contributed by atoms with E-state index in [9.17, 15) is 18.0 Å². The van der Waals surface area contributed by atoms with Gasteiger partial charge in [-0.3, -0.25) is 9.59 Å². The standard InChI is InChI=1S/C26H24N2O5S/c1-3-33-20-12-10-19(11-13-20)27-25(29)17-28-16-24(34(31,32)21-7-5-4-6-8-21)26(30)22-15-18(2)9-14-23(22)28/h4-16H,3,17H2,1-2H3,(H,27,29). The van der Waals surface area contributed by atoms with Crippen LogP contribution < -0.4 is 15.5 Å². The Morgan fingerprint density at radius 3 is 2.38 bits per heavy atom. The molecule has 0 atom stereocenters. The van der Waals surface area contributed by atoms with Crippen LogP contribution in [0, 0.1) is 6.92 Å². The lowest BCUT2D eigenvalue weighted by Crippen LogP contribution is -2.24. The van der Waals surface area contributed by atoms with Crippen molar-refractivity contribution in [2.75, 3.05) is 11.9 Å². The number of nitrogens with zero attached hydrogens (tertiary/aromatic N) is 1. The van der Waals surface area contributed by atoms with E-state index >= 15 is 0 Å². The number of carbonyl (C=O) groups is 1. The molecule has 0 spiro atoms. The molecule has 0 saturated carbocycles. The number of sulfone groups is 1. The summed E-state index contributed by atoms with van der Waals surface area (Å²) in [6.45, 7) is 4.07. The first-order valence-electron chi connectivity index (χ1n) is 10.8. The highest BCUT2D eigenvalue weighted by atomic mass is 32.2. The molecule has 1 amide bonds. The number of hydrogen-bond acceptors (Lipinski definition) is 5. The Bertz CT molecular complexity index is 1510. The zero-order valence-corrected chi connectivity index (χ0v) is 19.6. The molecular weight excluding hydrogens is 452 g/mol. The van der Waals surface area contributed by atoms with Crippen LogP contribution in [0.2, 0.25) is 0 Å². The summed E-state index contributed by atoms with van der Waals surface area (Å²) in [7, 11) is -4.08. The van der Waals surface area contributed by atoms with Crippen molar-refractivity contribution in [3.8, 4) is 5.75 Å². The highest BCUT2D eigenvalue weighted by Crippen LogP contribution is 2.22. The Balaban J connectivity index is 1.74. The molecule has 0 saturated heterocycles. The van der Waals surface area contributed by atoms with E-state index in [1.54, 1.807) is 54.6 Å². The summed E-state index contributed by atoms with van der Waals surface area (Å²) in [5.74, 6) is 0.329. The van der Waals surface area contributed by atoms with Crippen molar-refractivity contribution in [3.05, 3.63) is 94.8 Å². The second-order valence-electron chi connectivity index (χ2n) is 7.79. The predicted molar refractivity (Wildman–Crippen MR) is 131 cm³/mol. The number of ether oxygens (including phenoxy) is 1. The summed E-state index contributed by atoms with van der Waals surface area (Å²) in [5, 5.41) is 3.04. The minimum absolute atomic E-state index is 0.0180. The number of aryl methyl sites for hydroxylation is 1.